The van der Waals surface area contributed by atoms with Crippen LogP contribution in [0.3, 0.4) is 0 Å². The number of rotatable bonds is 13. The Morgan fingerprint density at radius 3 is 2.34 bits per heavy atom. The number of ether oxygens (including phenoxy) is 1. The van der Waals surface area contributed by atoms with Crippen LogP contribution in [0.1, 0.15) is 31.4 Å². The van der Waals surface area contributed by atoms with Gasteiger partial charge in [-0.3, -0.25) is 4.90 Å². The number of anilines is 1. The average molecular weight is 438 g/mol. The molecule has 1 heterocycles. The number of hydrogen-bond donors (Lipinski definition) is 1. The predicted molar refractivity (Wildman–Crippen MR) is 129 cm³/mol. The van der Waals surface area contributed by atoms with Crippen LogP contribution in [0.2, 0.25) is 0 Å². The van der Waals surface area contributed by atoms with Gasteiger partial charge in [0.15, 0.2) is 0 Å². The lowest BCUT2D eigenvalue weighted by molar-refractivity contribution is 0.0196. The van der Waals surface area contributed by atoms with Crippen LogP contribution in [0.5, 0.6) is 0 Å². The molecule has 6 nitrogen and oxygen atoms in total. The molecular formula is C26H35N3O3. The van der Waals surface area contributed by atoms with Crippen LogP contribution in [0, 0.1) is 0 Å². The van der Waals surface area contributed by atoms with Gasteiger partial charge in [-0.2, -0.15) is 0 Å². The molecule has 0 spiro atoms. The predicted octanol–water partition coefficient (Wildman–Crippen LogP) is 4.59. The Bertz CT molecular complexity index is 915. The highest BCUT2D eigenvalue weighted by atomic mass is 16.5. The third-order valence-electron chi connectivity index (χ3n) is 5.33. The maximum Gasteiger partial charge on any atom is 0.232 e. The third-order valence-corrected chi connectivity index (χ3v) is 5.33. The van der Waals surface area contributed by atoms with Crippen LogP contribution in [-0.2, 0) is 17.8 Å². The largest absolute Gasteiger partial charge is 0.389 e. The molecule has 3 rings (SSSR count). The van der Waals surface area contributed by atoms with Crippen molar-refractivity contribution in [2.45, 2.75) is 39.5 Å². The summed E-state index contributed by atoms with van der Waals surface area (Å²) in [4.78, 5) is 4.35. The minimum absolute atomic E-state index is 0.340. The van der Waals surface area contributed by atoms with E-state index in [4.69, 9.17) is 9.26 Å². The van der Waals surface area contributed by atoms with E-state index < -0.39 is 6.10 Å². The molecular weight excluding hydrogens is 402 g/mol. The van der Waals surface area contributed by atoms with E-state index in [0.29, 0.717) is 26.3 Å². The summed E-state index contributed by atoms with van der Waals surface area (Å²) in [5.74, 6) is 0.758. The second kappa shape index (κ2) is 12.4. The Morgan fingerprint density at radius 2 is 1.69 bits per heavy atom. The van der Waals surface area contributed by atoms with Crippen molar-refractivity contribution in [1.82, 2.24) is 10.1 Å². The van der Waals surface area contributed by atoms with Gasteiger partial charge in [0.05, 0.1) is 18.3 Å². The summed E-state index contributed by atoms with van der Waals surface area (Å²) in [5, 5.41) is 14.9. The molecule has 1 N–H and O–H groups in total. The van der Waals surface area contributed by atoms with E-state index in [-0.39, 0.29) is 0 Å². The van der Waals surface area contributed by atoms with Crippen LogP contribution in [0.25, 0.3) is 11.3 Å². The molecule has 0 fully saturated rings. The van der Waals surface area contributed by atoms with Gasteiger partial charge in [0.25, 0.3) is 0 Å². The van der Waals surface area contributed by atoms with Crippen molar-refractivity contribution in [2.75, 3.05) is 38.3 Å². The standard InChI is InChI=1S/C26H35N3O3/c1-4-16-29(18-23(30)20-31-5-2)19-24-25(22-14-10-7-11-15-22)27-32-26(24)28(3)17-21-12-8-6-9-13-21/h6-15,23,30H,4-5,16-20H2,1-3H3/t23-/m1/s1. The summed E-state index contributed by atoms with van der Waals surface area (Å²) in [6, 6.07) is 20.5. The Balaban J connectivity index is 1.88. The zero-order valence-electron chi connectivity index (χ0n) is 19.4. The minimum atomic E-state index is -0.535. The van der Waals surface area contributed by atoms with Gasteiger partial charge in [-0.15, -0.1) is 0 Å². The fourth-order valence-electron chi connectivity index (χ4n) is 3.87. The second-order valence-corrected chi connectivity index (χ2v) is 8.07. The molecule has 0 saturated carbocycles. The van der Waals surface area contributed by atoms with Gasteiger partial charge in [-0.1, -0.05) is 72.7 Å². The monoisotopic (exact) mass is 437 g/mol. The van der Waals surface area contributed by atoms with Gasteiger partial charge in [0, 0.05) is 38.9 Å². The van der Waals surface area contributed by atoms with Crippen LogP contribution >= 0.6 is 0 Å². The van der Waals surface area contributed by atoms with Crippen molar-refractivity contribution in [2.24, 2.45) is 0 Å². The smallest absolute Gasteiger partial charge is 0.232 e. The zero-order chi connectivity index (χ0) is 22.8. The highest BCUT2D eigenvalue weighted by Crippen LogP contribution is 2.32. The van der Waals surface area contributed by atoms with Gasteiger partial charge in [0.1, 0.15) is 5.69 Å². The van der Waals surface area contributed by atoms with Crippen LogP contribution in [-0.4, -0.2) is 54.6 Å². The fourth-order valence-corrected chi connectivity index (χ4v) is 3.87. The molecule has 32 heavy (non-hydrogen) atoms. The molecule has 172 valence electrons. The summed E-state index contributed by atoms with van der Waals surface area (Å²) in [5.41, 5.74) is 4.11. The first-order chi connectivity index (χ1) is 15.6. The summed E-state index contributed by atoms with van der Waals surface area (Å²) in [6.07, 6.45) is 0.453. The molecule has 0 radical (unpaired) electrons. The highest BCUT2D eigenvalue weighted by molar-refractivity contribution is 5.68. The first kappa shape index (κ1) is 24.0. The third kappa shape index (κ3) is 6.66. The number of aliphatic hydroxyl groups is 1. The molecule has 0 saturated heterocycles. The molecule has 0 aliphatic rings. The normalized spacial score (nSPS) is 12.3. The average Bonchev–Trinajstić information content (AvgIpc) is 3.22. The molecule has 0 amide bonds. The number of nitrogens with zero attached hydrogens (tertiary/aromatic N) is 3. The molecule has 0 unspecified atom stereocenters. The summed E-state index contributed by atoms with van der Waals surface area (Å²) < 4.78 is 11.3. The first-order valence-electron chi connectivity index (χ1n) is 11.4. The Hall–Kier alpha value is -2.67. The Labute approximate surface area is 191 Å². The van der Waals surface area contributed by atoms with Crippen molar-refractivity contribution in [3.05, 3.63) is 71.8 Å². The van der Waals surface area contributed by atoms with E-state index >= 15 is 0 Å². The number of benzene rings is 2. The van der Waals surface area contributed by atoms with Crippen molar-refractivity contribution >= 4 is 5.88 Å². The van der Waals surface area contributed by atoms with Crippen LogP contribution < -0.4 is 4.90 Å². The fraction of sp³-hybridized carbons (Fsp3) is 0.423. The van der Waals surface area contributed by atoms with Crippen molar-refractivity contribution in [3.63, 3.8) is 0 Å². The van der Waals surface area contributed by atoms with E-state index in [1.54, 1.807) is 0 Å². The Kier molecular flexibility index (Phi) is 9.28. The molecule has 1 atom stereocenters. The summed E-state index contributed by atoms with van der Waals surface area (Å²) in [7, 11) is 2.03. The lowest BCUT2D eigenvalue weighted by atomic mass is 10.1. The Morgan fingerprint density at radius 1 is 1.00 bits per heavy atom. The summed E-state index contributed by atoms with van der Waals surface area (Å²) in [6.45, 7) is 7.79. The SMILES string of the molecule is CCCN(Cc1c(-c2ccccc2)noc1N(C)Cc1ccccc1)C[C@@H](O)COCC. The number of aromatic nitrogens is 1. The van der Waals surface area contributed by atoms with E-state index in [9.17, 15) is 5.11 Å². The van der Waals surface area contributed by atoms with Crippen molar-refractivity contribution in [1.29, 1.82) is 0 Å². The van der Waals surface area contributed by atoms with Crippen molar-refractivity contribution < 1.29 is 14.4 Å². The lowest BCUT2D eigenvalue weighted by Gasteiger charge is -2.26. The topological polar surface area (TPSA) is 62.0 Å². The van der Waals surface area contributed by atoms with Crippen LogP contribution in [0.15, 0.2) is 65.2 Å². The minimum Gasteiger partial charge on any atom is -0.389 e. The quantitative estimate of drug-likeness (QED) is 0.422. The maximum absolute atomic E-state index is 10.4. The van der Waals surface area contributed by atoms with Crippen molar-refractivity contribution in [3.8, 4) is 11.3 Å². The van der Waals surface area contributed by atoms with Gasteiger partial charge in [-0.05, 0) is 25.5 Å². The van der Waals surface area contributed by atoms with Gasteiger partial charge >= 0.3 is 0 Å². The molecule has 6 heteroatoms. The number of aliphatic hydroxyl groups excluding tert-OH is 1. The molecule has 2 aromatic carbocycles. The van der Waals surface area contributed by atoms with Gasteiger partial charge in [0.2, 0.25) is 5.88 Å². The molecule has 0 aliphatic heterocycles. The van der Waals surface area contributed by atoms with E-state index in [1.165, 1.54) is 5.56 Å². The van der Waals surface area contributed by atoms with E-state index in [0.717, 1.165) is 42.2 Å². The molecule has 0 aliphatic carbocycles. The van der Waals surface area contributed by atoms with E-state index in [1.807, 2.05) is 50.4 Å². The molecule has 3 aromatic rings. The van der Waals surface area contributed by atoms with E-state index in [2.05, 4.69) is 46.1 Å². The van der Waals surface area contributed by atoms with Crippen LogP contribution in [0.4, 0.5) is 5.88 Å². The maximum atomic E-state index is 10.4. The zero-order valence-corrected chi connectivity index (χ0v) is 19.4. The number of hydrogen-bond acceptors (Lipinski definition) is 6. The van der Waals surface area contributed by atoms with Gasteiger partial charge in [-0.25, -0.2) is 0 Å². The molecule has 0 bridgehead atoms. The van der Waals surface area contributed by atoms with Gasteiger partial charge < -0.3 is 19.3 Å². The highest BCUT2D eigenvalue weighted by Gasteiger charge is 2.24. The lowest BCUT2D eigenvalue weighted by Crippen LogP contribution is -2.35. The second-order valence-electron chi connectivity index (χ2n) is 8.07. The molecule has 1 aromatic heterocycles. The first-order valence-corrected chi connectivity index (χ1v) is 11.4. The summed E-state index contributed by atoms with van der Waals surface area (Å²) >= 11 is 0.